The molecule has 0 saturated heterocycles. The molecular formula is C20H22N6O2S. The Bertz CT molecular complexity index is 1030. The van der Waals surface area contributed by atoms with E-state index in [1.54, 1.807) is 11.3 Å². The molecule has 4 rings (SSSR count). The smallest absolute Gasteiger partial charge is 0.227 e. The summed E-state index contributed by atoms with van der Waals surface area (Å²) in [5.41, 5.74) is 4.61. The molecule has 150 valence electrons. The molecule has 0 aliphatic heterocycles. The van der Waals surface area contributed by atoms with Crippen molar-refractivity contribution in [2.75, 3.05) is 22.6 Å². The molecule has 3 aromatic rings. The largest absolute Gasteiger partial charge is 0.394 e. The molecule has 0 spiro atoms. The van der Waals surface area contributed by atoms with Gasteiger partial charge in [-0.3, -0.25) is 4.79 Å². The zero-order chi connectivity index (χ0) is 20.4. The van der Waals surface area contributed by atoms with Crippen LogP contribution in [0.25, 0.3) is 10.6 Å². The minimum absolute atomic E-state index is 0.0508. The lowest BCUT2D eigenvalue weighted by atomic mass is 10.00. The third kappa shape index (κ3) is 4.36. The van der Waals surface area contributed by atoms with Crippen LogP contribution >= 0.6 is 11.3 Å². The maximum atomic E-state index is 11.1. The van der Waals surface area contributed by atoms with Crippen LogP contribution in [0, 0.1) is 0 Å². The van der Waals surface area contributed by atoms with Crippen molar-refractivity contribution >= 4 is 39.7 Å². The summed E-state index contributed by atoms with van der Waals surface area (Å²) in [4.78, 5) is 26.0. The Hall–Kier alpha value is -3.04. The van der Waals surface area contributed by atoms with Gasteiger partial charge in [0.05, 0.1) is 22.9 Å². The monoisotopic (exact) mass is 410 g/mol. The number of rotatable bonds is 6. The zero-order valence-corrected chi connectivity index (χ0v) is 17.0. The summed E-state index contributed by atoms with van der Waals surface area (Å²) in [6, 6.07) is 7.33. The highest BCUT2D eigenvalue weighted by molar-refractivity contribution is 7.19. The van der Waals surface area contributed by atoms with Gasteiger partial charge in [-0.2, -0.15) is 0 Å². The summed E-state index contributed by atoms with van der Waals surface area (Å²) >= 11 is 1.55. The minimum atomic E-state index is -0.105. The molecule has 2 aromatic heterocycles. The fourth-order valence-electron chi connectivity index (χ4n) is 3.09. The number of hydrogen-bond donors (Lipinski definition) is 4. The number of aliphatic hydroxyl groups excluding tert-OH is 1. The van der Waals surface area contributed by atoms with Crippen LogP contribution in [0.4, 0.5) is 22.5 Å². The standard InChI is InChI=1S/C20H22N6O2S/c1-11(10-27)22-20-25-16-8-3-13-9-21-19(26-17(13)18(16)29-20)24-15-6-4-14(5-7-15)23-12(2)28/h4-7,9,11,27H,3,8,10H2,1-2H3,(H,22,25)(H,23,28)(H,21,24,26). The lowest BCUT2D eigenvalue weighted by Gasteiger charge is -2.15. The van der Waals surface area contributed by atoms with E-state index in [0.717, 1.165) is 51.2 Å². The van der Waals surface area contributed by atoms with E-state index < -0.39 is 0 Å². The number of anilines is 4. The van der Waals surface area contributed by atoms with E-state index in [2.05, 4.69) is 25.9 Å². The highest BCUT2D eigenvalue weighted by atomic mass is 32.1. The molecule has 1 unspecified atom stereocenters. The number of aromatic nitrogens is 3. The molecule has 8 nitrogen and oxygen atoms in total. The quantitative estimate of drug-likeness (QED) is 0.494. The van der Waals surface area contributed by atoms with E-state index in [-0.39, 0.29) is 18.6 Å². The number of thiazole rings is 1. The lowest BCUT2D eigenvalue weighted by molar-refractivity contribution is -0.114. The zero-order valence-electron chi connectivity index (χ0n) is 16.2. The second kappa shape index (κ2) is 8.14. The van der Waals surface area contributed by atoms with Crippen molar-refractivity contribution in [3.63, 3.8) is 0 Å². The number of nitrogens with zero attached hydrogens (tertiary/aromatic N) is 3. The predicted octanol–water partition coefficient (Wildman–Crippen LogP) is 3.19. The number of carbonyl (C=O) groups is 1. The van der Waals surface area contributed by atoms with Gasteiger partial charge >= 0.3 is 0 Å². The summed E-state index contributed by atoms with van der Waals surface area (Å²) in [5.74, 6) is 0.404. The third-order valence-electron chi connectivity index (χ3n) is 4.51. The van der Waals surface area contributed by atoms with Gasteiger partial charge in [-0.05, 0) is 49.6 Å². The van der Waals surface area contributed by atoms with Crippen LogP contribution in [0.15, 0.2) is 30.5 Å². The fourth-order valence-corrected chi connectivity index (χ4v) is 4.24. The predicted molar refractivity (Wildman–Crippen MR) is 115 cm³/mol. The molecule has 1 atom stereocenters. The van der Waals surface area contributed by atoms with E-state index in [0.29, 0.717) is 5.95 Å². The van der Waals surface area contributed by atoms with Gasteiger partial charge in [-0.15, -0.1) is 0 Å². The van der Waals surface area contributed by atoms with Gasteiger partial charge in [0.15, 0.2) is 5.13 Å². The van der Waals surface area contributed by atoms with Crippen LogP contribution in [-0.4, -0.2) is 38.6 Å². The van der Waals surface area contributed by atoms with Crippen LogP contribution < -0.4 is 16.0 Å². The van der Waals surface area contributed by atoms with Gasteiger partial charge in [0.1, 0.15) is 0 Å². The first-order chi connectivity index (χ1) is 14.0. The Balaban J connectivity index is 1.56. The molecule has 1 amide bonds. The van der Waals surface area contributed by atoms with E-state index in [1.807, 2.05) is 37.4 Å². The lowest BCUT2D eigenvalue weighted by Crippen LogP contribution is -2.19. The van der Waals surface area contributed by atoms with Crippen LogP contribution in [-0.2, 0) is 17.6 Å². The number of amides is 1. The summed E-state index contributed by atoms with van der Waals surface area (Å²) in [7, 11) is 0. The molecule has 2 heterocycles. The molecule has 1 aromatic carbocycles. The topological polar surface area (TPSA) is 112 Å². The van der Waals surface area contributed by atoms with Crippen molar-refractivity contribution < 1.29 is 9.90 Å². The maximum Gasteiger partial charge on any atom is 0.227 e. The average Bonchev–Trinajstić information content (AvgIpc) is 3.12. The first-order valence-corrected chi connectivity index (χ1v) is 10.2. The van der Waals surface area contributed by atoms with Crippen molar-refractivity contribution in [2.24, 2.45) is 0 Å². The summed E-state index contributed by atoms with van der Waals surface area (Å²) in [6.07, 6.45) is 3.57. The molecule has 9 heteroatoms. The summed E-state index contributed by atoms with van der Waals surface area (Å²) in [6.45, 7) is 3.44. The number of aryl methyl sites for hydroxylation is 2. The van der Waals surface area contributed by atoms with E-state index in [4.69, 9.17) is 4.98 Å². The fraction of sp³-hybridized carbons (Fsp3) is 0.300. The van der Waals surface area contributed by atoms with Gasteiger partial charge < -0.3 is 21.1 Å². The van der Waals surface area contributed by atoms with Gasteiger partial charge in [0.2, 0.25) is 11.9 Å². The Labute approximate surface area is 172 Å². The van der Waals surface area contributed by atoms with Crippen molar-refractivity contribution in [1.29, 1.82) is 0 Å². The summed E-state index contributed by atoms with van der Waals surface area (Å²) < 4.78 is 0. The molecule has 1 aliphatic carbocycles. The second-order valence-electron chi connectivity index (χ2n) is 6.97. The molecule has 0 fully saturated rings. The maximum absolute atomic E-state index is 11.1. The third-order valence-corrected chi connectivity index (χ3v) is 5.55. The molecular weight excluding hydrogens is 388 g/mol. The van der Waals surface area contributed by atoms with Crippen molar-refractivity contribution in [2.45, 2.75) is 32.7 Å². The molecule has 0 radical (unpaired) electrons. The molecule has 1 aliphatic rings. The van der Waals surface area contributed by atoms with Gasteiger partial charge in [0.25, 0.3) is 0 Å². The van der Waals surface area contributed by atoms with Crippen LogP contribution in [0.3, 0.4) is 0 Å². The minimum Gasteiger partial charge on any atom is -0.394 e. The number of aliphatic hydroxyl groups is 1. The average molecular weight is 411 g/mol. The number of hydrogen-bond acceptors (Lipinski definition) is 8. The molecule has 0 saturated carbocycles. The number of benzene rings is 1. The number of nitrogens with one attached hydrogen (secondary N) is 3. The Morgan fingerprint density at radius 3 is 2.69 bits per heavy atom. The van der Waals surface area contributed by atoms with E-state index >= 15 is 0 Å². The molecule has 0 bridgehead atoms. The highest BCUT2D eigenvalue weighted by Gasteiger charge is 2.23. The number of carbonyl (C=O) groups excluding carboxylic acids is 1. The van der Waals surface area contributed by atoms with Crippen molar-refractivity contribution in [3.8, 4) is 10.6 Å². The van der Waals surface area contributed by atoms with E-state index in [1.165, 1.54) is 6.92 Å². The van der Waals surface area contributed by atoms with Crippen molar-refractivity contribution in [3.05, 3.63) is 41.7 Å². The molecule has 4 N–H and O–H groups in total. The van der Waals surface area contributed by atoms with Gasteiger partial charge in [0, 0.05) is 30.5 Å². The second-order valence-corrected chi connectivity index (χ2v) is 7.97. The first kappa shape index (κ1) is 19.3. The van der Waals surface area contributed by atoms with E-state index in [9.17, 15) is 9.90 Å². The normalized spacial score (nSPS) is 13.2. The van der Waals surface area contributed by atoms with Crippen molar-refractivity contribution in [1.82, 2.24) is 15.0 Å². The highest BCUT2D eigenvalue weighted by Crippen LogP contribution is 2.38. The van der Waals surface area contributed by atoms with Crippen LogP contribution in [0.2, 0.25) is 0 Å². The summed E-state index contributed by atoms with van der Waals surface area (Å²) in [5, 5.41) is 19.2. The molecule has 29 heavy (non-hydrogen) atoms. The first-order valence-electron chi connectivity index (χ1n) is 9.40. The Morgan fingerprint density at radius 2 is 1.97 bits per heavy atom. The van der Waals surface area contributed by atoms with Gasteiger partial charge in [-0.25, -0.2) is 15.0 Å². The van der Waals surface area contributed by atoms with Crippen LogP contribution in [0.5, 0.6) is 0 Å². The Kier molecular flexibility index (Phi) is 5.41. The SMILES string of the molecule is CC(=O)Nc1ccc(Nc2ncc3c(n2)-c2sc(NC(C)CO)nc2CC3)cc1. The van der Waals surface area contributed by atoms with Crippen LogP contribution in [0.1, 0.15) is 25.1 Å². The number of fused-ring (bicyclic) bond motifs is 3. The van der Waals surface area contributed by atoms with Gasteiger partial charge in [-0.1, -0.05) is 11.3 Å². The Morgan fingerprint density at radius 1 is 1.21 bits per heavy atom.